The summed E-state index contributed by atoms with van der Waals surface area (Å²) in [5.74, 6) is 0.920. The first kappa shape index (κ1) is 19.9. The number of hydrogen-bond donors (Lipinski definition) is 2. The Hall–Kier alpha value is -3.43. The van der Waals surface area contributed by atoms with Gasteiger partial charge < -0.3 is 20.7 Å². The number of carbonyl (C=O) groups excluding carboxylic acids is 1. The third-order valence-corrected chi connectivity index (χ3v) is 4.75. The number of aromatic nitrogens is 5. The number of imidazole rings is 1. The first-order valence-corrected chi connectivity index (χ1v) is 9.96. The first-order valence-electron chi connectivity index (χ1n) is 9.96. The number of nitrogen functional groups attached to an aromatic ring is 1. The van der Waals surface area contributed by atoms with Crippen molar-refractivity contribution in [2.75, 3.05) is 24.1 Å². The summed E-state index contributed by atoms with van der Waals surface area (Å²) in [5, 5.41) is 8.12. The number of likely N-dealkylation sites (tertiary alicyclic amines) is 1. The molecule has 10 nitrogen and oxygen atoms in total. The van der Waals surface area contributed by atoms with Gasteiger partial charge in [-0.3, -0.25) is 0 Å². The zero-order valence-corrected chi connectivity index (χ0v) is 17.4. The quantitative estimate of drug-likeness (QED) is 0.675. The molecule has 1 atom stereocenters. The second-order valence-corrected chi connectivity index (χ2v) is 8.37. The van der Waals surface area contributed by atoms with Gasteiger partial charge in [0.2, 0.25) is 5.95 Å². The molecule has 1 aliphatic heterocycles. The summed E-state index contributed by atoms with van der Waals surface area (Å²) in [4.78, 5) is 26.6. The zero-order chi connectivity index (χ0) is 21.3. The minimum atomic E-state index is -0.506. The predicted molar refractivity (Wildman–Crippen MR) is 113 cm³/mol. The SMILES string of the molecule is CC(C)(C)OC(=O)N1CCCC(Nc2ccc3ncc(-c4cnc(N)nc4)n3n2)C1. The molecule has 0 spiro atoms. The van der Waals surface area contributed by atoms with Crippen LogP contribution in [-0.4, -0.2) is 60.3 Å². The molecule has 1 amide bonds. The second kappa shape index (κ2) is 7.77. The van der Waals surface area contributed by atoms with Crippen LogP contribution in [0, 0.1) is 0 Å². The van der Waals surface area contributed by atoms with Crippen LogP contribution in [0.5, 0.6) is 0 Å². The van der Waals surface area contributed by atoms with E-state index in [9.17, 15) is 4.79 Å². The molecule has 1 unspecified atom stereocenters. The van der Waals surface area contributed by atoms with Gasteiger partial charge in [-0.15, -0.1) is 5.10 Å². The van der Waals surface area contributed by atoms with Crippen LogP contribution in [0.25, 0.3) is 16.9 Å². The van der Waals surface area contributed by atoms with E-state index >= 15 is 0 Å². The molecule has 0 aliphatic carbocycles. The van der Waals surface area contributed by atoms with E-state index in [0.717, 1.165) is 24.1 Å². The Morgan fingerprint density at radius 1 is 1.20 bits per heavy atom. The van der Waals surface area contributed by atoms with Crippen molar-refractivity contribution < 1.29 is 9.53 Å². The summed E-state index contributed by atoms with van der Waals surface area (Å²) >= 11 is 0. The Morgan fingerprint density at radius 3 is 2.70 bits per heavy atom. The van der Waals surface area contributed by atoms with E-state index in [2.05, 4.69) is 25.4 Å². The van der Waals surface area contributed by atoms with Gasteiger partial charge in [-0.2, -0.15) is 0 Å². The summed E-state index contributed by atoms with van der Waals surface area (Å²) in [6, 6.07) is 3.87. The molecular formula is C20H26N8O2. The summed E-state index contributed by atoms with van der Waals surface area (Å²) in [7, 11) is 0. The van der Waals surface area contributed by atoms with Crippen LogP contribution < -0.4 is 11.1 Å². The largest absolute Gasteiger partial charge is 0.444 e. The summed E-state index contributed by atoms with van der Waals surface area (Å²) in [5.41, 5.74) is 7.33. The lowest BCUT2D eigenvalue weighted by molar-refractivity contribution is 0.0206. The van der Waals surface area contributed by atoms with Gasteiger partial charge in [-0.05, 0) is 45.7 Å². The number of nitrogens with zero attached hydrogens (tertiary/aromatic N) is 6. The van der Waals surface area contributed by atoms with Crippen molar-refractivity contribution in [2.24, 2.45) is 0 Å². The number of nitrogens with one attached hydrogen (secondary N) is 1. The van der Waals surface area contributed by atoms with Crippen molar-refractivity contribution in [1.82, 2.24) is 29.5 Å². The third kappa shape index (κ3) is 4.42. The highest BCUT2D eigenvalue weighted by Crippen LogP contribution is 2.21. The molecule has 0 aromatic carbocycles. The van der Waals surface area contributed by atoms with Crippen LogP contribution in [0.3, 0.4) is 0 Å². The molecule has 4 rings (SSSR count). The number of amides is 1. The van der Waals surface area contributed by atoms with E-state index in [0.29, 0.717) is 24.6 Å². The van der Waals surface area contributed by atoms with Gasteiger partial charge in [-0.1, -0.05) is 0 Å². The lowest BCUT2D eigenvalue weighted by Gasteiger charge is -2.34. The van der Waals surface area contributed by atoms with Crippen molar-refractivity contribution in [3.63, 3.8) is 0 Å². The minimum Gasteiger partial charge on any atom is -0.444 e. The van der Waals surface area contributed by atoms with E-state index in [1.54, 1.807) is 28.0 Å². The molecule has 1 saturated heterocycles. The lowest BCUT2D eigenvalue weighted by atomic mass is 10.1. The molecule has 1 fully saturated rings. The molecule has 158 valence electrons. The fourth-order valence-corrected chi connectivity index (χ4v) is 3.41. The number of fused-ring (bicyclic) bond motifs is 1. The Labute approximate surface area is 174 Å². The van der Waals surface area contributed by atoms with Gasteiger partial charge in [0.05, 0.1) is 11.9 Å². The van der Waals surface area contributed by atoms with Gasteiger partial charge in [0.15, 0.2) is 5.65 Å². The second-order valence-electron chi connectivity index (χ2n) is 8.37. The number of carbonyl (C=O) groups is 1. The highest BCUT2D eigenvalue weighted by atomic mass is 16.6. The zero-order valence-electron chi connectivity index (χ0n) is 17.4. The Kier molecular flexibility index (Phi) is 5.15. The fraction of sp³-hybridized carbons (Fsp3) is 0.450. The van der Waals surface area contributed by atoms with Crippen LogP contribution in [0.1, 0.15) is 33.6 Å². The van der Waals surface area contributed by atoms with Gasteiger partial charge in [0, 0.05) is 37.1 Å². The third-order valence-electron chi connectivity index (χ3n) is 4.75. The number of hydrogen-bond acceptors (Lipinski definition) is 8. The average molecular weight is 410 g/mol. The van der Waals surface area contributed by atoms with Crippen LogP contribution in [-0.2, 0) is 4.74 Å². The van der Waals surface area contributed by atoms with Crippen LogP contribution in [0.4, 0.5) is 16.6 Å². The van der Waals surface area contributed by atoms with Gasteiger partial charge >= 0.3 is 6.09 Å². The van der Waals surface area contributed by atoms with Crippen molar-refractivity contribution in [2.45, 2.75) is 45.3 Å². The maximum atomic E-state index is 12.4. The predicted octanol–water partition coefficient (Wildman–Crippen LogP) is 2.58. The van der Waals surface area contributed by atoms with Crippen LogP contribution in [0.2, 0.25) is 0 Å². The Balaban J connectivity index is 1.50. The average Bonchev–Trinajstić information content (AvgIpc) is 3.11. The van der Waals surface area contributed by atoms with Gasteiger partial charge in [0.1, 0.15) is 11.4 Å². The van der Waals surface area contributed by atoms with E-state index in [-0.39, 0.29) is 18.1 Å². The normalized spacial score (nSPS) is 17.2. The molecule has 1 aliphatic rings. The topological polar surface area (TPSA) is 124 Å². The fourth-order valence-electron chi connectivity index (χ4n) is 3.41. The first-order chi connectivity index (χ1) is 14.3. The molecule has 4 heterocycles. The molecule has 0 bridgehead atoms. The minimum absolute atomic E-state index is 0.0862. The van der Waals surface area contributed by atoms with Crippen molar-refractivity contribution in [1.29, 1.82) is 0 Å². The monoisotopic (exact) mass is 410 g/mol. The standard InChI is InChI=1S/C20H26N8O2/c1-20(2,3)30-19(29)27-8-4-5-14(12-27)25-16-6-7-17-22-11-15(28(17)26-16)13-9-23-18(21)24-10-13/h6-7,9-11,14H,4-5,8,12H2,1-3H3,(H,25,26)(H2,21,23,24). The molecular weight excluding hydrogens is 384 g/mol. The summed E-state index contributed by atoms with van der Waals surface area (Å²) in [6.45, 7) is 6.88. The van der Waals surface area contributed by atoms with Crippen LogP contribution in [0.15, 0.2) is 30.7 Å². The lowest BCUT2D eigenvalue weighted by Crippen LogP contribution is -2.47. The maximum absolute atomic E-state index is 12.4. The molecule has 3 aromatic rings. The molecule has 3 N–H and O–H groups in total. The number of rotatable bonds is 3. The number of ether oxygens (including phenoxy) is 1. The summed E-state index contributed by atoms with van der Waals surface area (Å²) in [6.07, 6.45) is 6.59. The van der Waals surface area contributed by atoms with Gasteiger partial charge in [0.25, 0.3) is 0 Å². The van der Waals surface area contributed by atoms with E-state index in [1.807, 2.05) is 32.9 Å². The van der Waals surface area contributed by atoms with Crippen molar-refractivity contribution in [3.8, 4) is 11.3 Å². The molecule has 0 saturated carbocycles. The molecule has 30 heavy (non-hydrogen) atoms. The van der Waals surface area contributed by atoms with E-state index in [4.69, 9.17) is 10.5 Å². The smallest absolute Gasteiger partial charge is 0.410 e. The van der Waals surface area contributed by atoms with Crippen LogP contribution >= 0.6 is 0 Å². The Morgan fingerprint density at radius 2 is 1.97 bits per heavy atom. The molecule has 3 aromatic heterocycles. The molecule has 10 heteroatoms. The summed E-state index contributed by atoms with van der Waals surface area (Å²) < 4.78 is 7.25. The number of nitrogens with two attached hydrogens (primary N) is 1. The van der Waals surface area contributed by atoms with E-state index < -0.39 is 5.60 Å². The van der Waals surface area contributed by atoms with Crippen molar-refractivity contribution in [3.05, 3.63) is 30.7 Å². The maximum Gasteiger partial charge on any atom is 0.410 e. The number of piperidine rings is 1. The number of anilines is 2. The van der Waals surface area contributed by atoms with Crippen molar-refractivity contribution >= 4 is 23.5 Å². The highest BCUT2D eigenvalue weighted by molar-refractivity contribution is 5.68. The highest BCUT2D eigenvalue weighted by Gasteiger charge is 2.27. The molecule has 0 radical (unpaired) electrons. The van der Waals surface area contributed by atoms with Gasteiger partial charge in [-0.25, -0.2) is 24.3 Å². The van der Waals surface area contributed by atoms with E-state index in [1.165, 1.54) is 0 Å². The Bertz CT molecular complexity index is 1040.